The zero-order chi connectivity index (χ0) is 58.2. The summed E-state index contributed by atoms with van der Waals surface area (Å²) in [5.41, 5.74) is 4.50. The molecule has 1 aliphatic heterocycles. The lowest BCUT2D eigenvalue weighted by Crippen LogP contribution is -2.32. The monoisotopic (exact) mass is 1090 g/mol. The number of nitrogens with zero attached hydrogens (tertiary/aromatic N) is 1. The Morgan fingerprint density at radius 2 is 0.922 bits per heavy atom. The van der Waals surface area contributed by atoms with Gasteiger partial charge in [-0.1, -0.05) is 79.8 Å². The Hall–Kier alpha value is -6.64. The molecule has 22 heteroatoms. The van der Waals surface area contributed by atoms with Crippen LogP contribution in [-0.4, -0.2) is 161 Å². The minimum absolute atomic E-state index is 0.0221. The van der Waals surface area contributed by atoms with Crippen LogP contribution in [0.4, 0.5) is 9.59 Å². The van der Waals surface area contributed by atoms with Gasteiger partial charge in [0.05, 0.1) is 19.6 Å². The first kappa shape index (κ1) is 74.6. The number of carbonyl (C=O) groups is 8. The lowest BCUT2D eigenvalue weighted by molar-refractivity contribution is -0.197. The Balaban J connectivity index is -0.00000111. The number of alkyl carbamates (subject to hydrolysis) is 2. The van der Waals surface area contributed by atoms with Crippen LogP contribution in [0.1, 0.15) is 90.4 Å². The molecule has 0 aromatic heterocycles. The van der Waals surface area contributed by atoms with Gasteiger partial charge in [0.1, 0.15) is 0 Å². The highest BCUT2D eigenvalue weighted by Crippen LogP contribution is 2.14. The fraction of sp³-hybridized carbons (Fsp3) is 0.600. The van der Waals surface area contributed by atoms with E-state index in [0.717, 1.165) is 18.8 Å². The third-order valence-corrected chi connectivity index (χ3v) is 9.85. The summed E-state index contributed by atoms with van der Waals surface area (Å²) in [6.45, 7) is 6.76. The number of allylic oxidation sites excluding steroid dienone is 10. The topological polar surface area (TPSA) is 291 Å². The number of hydrogen-bond donors (Lipinski definition) is 6. The number of ether oxygens (including phenoxy) is 6. The van der Waals surface area contributed by atoms with E-state index in [1.165, 1.54) is 13.5 Å². The van der Waals surface area contributed by atoms with Crippen molar-refractivity contribution in [3.05, 3.63) is 72.9 Å². The number of nitrogens with one attached hydrogen (secondary N) is 5. The maximum atomic E-state index is 11.7. The number of nitrogens with two attached hydrogens (primary N) is 1. The molecular weight excluding hydrogens is 999 g/mol. The SMILES string of the molecule is C#C.CC1C=CC=CC1.CN.CNC(=O)CCC(=O)NCCCOCCCNC(=O)OCC1C=CC=CC1.COC.COC.O=C(CCC(=O)ON1C(=O)CCC1=O)NCCCOCCCNC(=O)OCC1C=CC=CC1. The van der Waals surface area contributed by atoms with E-state index >= 15 is 0 Å². The standard InChI is InChI=1S/C22H31N3O8.C19H31N3O5.C7H10.2C2H6O.C2H2.CH5N/c26-18(8-11-21(29)33-25-19(27)9-10-20(25)28)23-12-4-14-31-15-5-13-24-22(30)32-16-17-6-2-1-3-7-17;1-20-17(23)9-10-18(24)21-11-5-13-26-14-6-12-22-19(25)27-15-16-7-3-2-4-8-16;1-7-5-3-2-4-6-7;2*1-3-2;2*1-2/h1-3,6,17H,4-5,7-16H2,(H,23,26)(H,24,30);2-4,7,16H,5-6,8-15H2,1H3,(H,20,23)(H,21,24)(H,22,25);2-5,7H,6H2,1H3;2*1-2H3;1-2H;2H2,1H3. The fourth-order valence-corrected chi connectivity index (χ4v) is 5.97. The highest BCUT2D eigenvalue weighted by Gasteiger charge is 2.32. The number of amides is 7. The Bertz CT molecular complexity index is 1800. The maximum absolute atomic E-state index is 11.7. The van der Waals surface area contributed by atoms with Gasteiger partial charge >= 0.3 is 18.2 Å². The quantitative estimate of drug-likeness (QED) is 0.0362. The maximum Gasteiger partial charge on any atom is 0.407 e. The Morgan fingerprint density at radius 1 is 0.558 bits per heavy atom. The first-order chi connectivity index (χ1) is 37.3. The lowest BCUT2D eigenvalue weighted by atomic mass is 10.0. The number of carbonyl (C=O) groups excluding carboxylic acids is 8. The largest absolute Gasteiger partial charge is 0.449 e. The van der Waals surface area contributed by atoms with Crippen molar-refractivity contribution < 1.29 is 71.6 Å². The number of hydroxylamine groups is 2. The number of methoxy groups -OCH3 is 2. The minimum Gasteiger partial charge on any atom is -0.449 e. The normalized spacial score (nSPS) is 15.9. The van der Waals surface area contributed by atoms with Crippen LogP contribution in [0.5, 0.6) is 0 Å². The highest BCUT2D eigenvalue weighted by molar-refractivity contribution is 6.01. The van der Waals surface area contributed by atoms with E-state index in [1.54, 1.807) is 35.5 Å². The smallest absolute Gasteiger partial charge is 0.407 e. The summed E-state index contributed by atoms with van der Waals surface area (Å²) in [4.78, 5) is 96.5. The van der Waals surface area contributed by atoms with E-state index in [9.17, 15) is 38.4 Å². The Labute approximate surface area is 457 Å². The van der Waals surface area contributed by atoms with Crippen LogP contribution < -0.4 is 32.3 Å². The van der Waals surface area contributed by atoms with Gasteiger partial charge in [-0.05, 0) is 57.9 Å². The molecule has 0 radical (unpaired) electrons. The number of terminal acetylenes is 1. The molecule has 1 fully saturated rings. The first-order valence-electron chi connectivity index (χ1n) is 25.8. The summed E-state index contributed by atoms with van der Waals surface area (Å²) in [6, 6.07) is 0. The highest BCUT2D eigenvalue weighted by atomic mass is 16.7. The molecule has 4 aliphatic rings. The molecule has 7 N–H and O–H groups in total. The van der Waals surface area contributed by atoms with E-state index in [2.05, 4.69) is 96.8 Å². The van der Waals surface area contributed by atoms with E-state index in [-0.39, 0.29) is 68.1 Å². The molecule has 4 rings (SSSR count). The molecule has 3 unspecified atom stereocenters. The van der Waals surface area contributed by atoms with Gasteiger partial charge < -0.3 is 65.6 Å². The first-order valence-corrected chi connectivity index (χ1v) is 25.8. The fourth-order valence-electron chi connectivity index (χ4n) is 5.97. The molecule has 1 saturated heterocycles. The average Bonchev–Trinajstić information content (AvgIpc) is 3.76. The third kappa shape index (κ3) is 48.7. The zero-order valence-electron chi connectivity index (χ0n) is 46.7. The number of hydrogen-bond acceptors (Lipinski definition) is 16. The summed E-state index contributed by atoms with van der Waals surface area (Å²) >= 11 is 0. The van der Waals surface area contributed by atoms with Crippen LogP contribution in [0.2, 0.25) is 0 Å². The van der Waals surface area contributed by atoms with E-state index in [1.807, 2.05) is 42.5 Å². The minimum atomic E-state index is -0.808. The second-order valence-electron chi connectivity index (χ2n) is 16.6. The van der Waals surface area contributed by atoms with Gasteiger partial charge in [0.2, 0.25) is 17.7 Å². The molecule has 0 aromatic rings. The molecular formula is C55H91N7O15. The van der Waals surface area contributed by atoms with Gasteiger partial charge in [0.15, 0.2) is 0 Å². The van der Waals surface area contributed by atoms with Crippen molar-refractivity contribution in [3.8, 4) is 12.8 Å². The van der Waals surface area contributed by atoms with Crippen LogP contribution in [0.15, 0.2) is 72.9 Å². The van der Waals surface area contributed by atoms with Crippen molar-refractivity contribution in [1.82, 2.24) is 31.6 Å². The van der Waals surface area contributed by atoms with Crippen LogP contribution >= 0.6 is 0 Å². The molecule has 0 bridgehead atoms. The molecule has 77 heavy (non-hydrogen) atoms. The summed E-state index contributed by atoms with van der Waals surface area (Å²) in [5, 5.41) is 13.7. The Kier molecular flexibility index (Phi) is 53.9. The van der Waals surface area contributed by atoms with Crippen molar-refractivity contribution in [1.29, 1.82) is 0 Å². The summed E-state index contributed by atoms with van der Waals surface area (Å²) in [5.74, 6) is -1.29. The van der Waals surface area contributed by atoms with Crippen LogP contribution in [0, 0.1) is 30.6 Å². The predicted octanol–water partition coefficient (Wildman–Crippen LogP) is 4.92. The van der Waals surface area contributed by atoms with E-state index in [0.29, 0.717) is 96.6 Å². The van der Waals surface area contributed by atoms with Gasteiger partial charge in [0.25, 0.3) is 11.8 Å². The molecule has 1 heterocycles. The van der Waals surface area contributed by atoms with Crippen LogP contribution in [0.25, 0.3) is 0 Å². The van der Waals surface area contributed by atoms with Gasteiger partial charge in [-0.3, -0.25) is 24.0 Å². The van der Waals surface area contributed by atoms with Crippen molar-refractivity contribution in [2.24, 2.45) is 23.5 Å². The molecule has 0 aromatic carbocycles. The molecule has 7 amide bonds. The van der Waals surface area contributed by atoms with Crippen LogP contribution in [0.3, 0.4) is 0 Å². The van der Waals surface area contributed by atoms with Crippen molar-refractivity contribution >= 4 is 47.7 Å². The molecule has 3 aliphatic carbocycles. The lowest BCUT2D eigenvalue weighted by Gasteiger charge is -2.13. The molecule has 22 nitrogen and oxygen atoms in total. The van der Waals surface area contributed by atoms with Gasteiger partial charge in [-0.25, -0.2) is 14.4 Å². The Morgan fingerprint density at radius 3 is 1.26 bits per heavy atom. The molecule has 3 atom stereocenters. The van der Waals surface area contributed by atoms with Gasteiger partial charge in [0, 0.05) is 132 Å². The molecule has 0 spiro atoms. The second-order valence-corrected chi connectivity index (χ2v) is 16.6. The average molecular weight is 1090 g/mol. The summed E-state index contributed by atoms with van der Waals surface area (Å²) in [7, 11) is 9.54. The number of imide groups is 1. The van der Waals surface area contributed by atoms with E-state index < -0.39 is 30.0 Å². The molecule has 0 saturated carbocycles. The third-order valence-electron chi connectivity index (χ3n) is 9.85. The van der Waals surface area contributed by atoms with Crippen LogP contribution in [-0.2, 0) is 62.0 Å². The summed E-state index contributed by atoms with van der Waals surface area (Å²) < 4.78 is 29.7. The zero-order valence-corrected chi connectivity index (χ0v) is 46.7. The van der Waals surface area contributed by atoms with Gasteiger partial charge in [-0.2, -0.15) is 0 Å². The van der Waals surface area contributed by atoms with E-state index in [4.69, 9.17) is 18.9 Å². The molecule has 436 valence electrons. The predicted molar refractivity (Wildman–Crippen MR) is 295 cm³/mol. The summed E-state index contributed by atoms with van der Waals surface area (Å²) in [6.07, 6.45) is 37.5. The van der Waals surface area contributed by atoms with Crippen molar-refractivity contribution in [2.75, 3.05) is 108 Å². The van der Waals surface area contributed by atoms with Crippen molar-refractivity contribution in [3.63, 3.8) is 0 Å². The number of rotatable bonds is 27. The second kappa shape index (κ2) is 55.6. The van der Waals surface area contributed by atoms with Gasteiger partial charge in [-0.15, -0.1) is 17.9 Å². The van der Waals surface area contributed by atoms with Crippen molar-refractivity contribution in [2.45, 2.75) is 90.4 Å².